The summed E-state index contributed by atoms with van der Waals surface area (Å²) >= 11 is 5.90. The molecule has 1 aromatic carbocycles. The molecule has 0 saturated carbocycles. The van der Waals surface area contributed by atoms with E-state index in [1.54, 1.807) is 24.4 Å². The first-order chi connectivity index (χ1) is 9.54. The Morgan fingerprint density at radius 3 is 2.80 bits per heavy atom. The van der Waals surface area contributed by atoms with Crippen molar-refractivity contribution >= 4 is 23.2 Å². The number of nitrogens with one attached hydrogen (secondary N) is 1. The van der Waals surface area contributed by atoms with Gasteiger partial charge in [0.25, 0.3) is 5.91 Å². The number of aromatic nitrogens is 1. The number of carbonyl (C=O) groups is 1. The summed E-state index contributed by atoms with van der Waals surface area (Å²) < 4.78 is 5.36. The number of halogens is 1. The van der Waals surface area contributed by atoms with E-state index >= 15 is 0 Å². The maximum absolute atomic E-state index is 11.8. The summed E-state index contributed by atoms with van der Waals surface area (Å²) in [4.78, 5) is 15.9. The first kappa shape index (κ1) is 14.3. The zero-order chi connectivity index (χ0) is 14.5. The highest BCUT2D eigenvalue weighted by atomic mass is 35.5. The average molecular weight is 291 g/mol. The molecule has 0 spiro atoms. The number of aryl methyl sites for hydroxylation is 2. The molecule has 4 nitrogen and oxygen atoms in total. The zero-order valence-corrected chi connectivity index (χ0v) is 12.1. The predicted octanol–water partition coefficient (Wildman–Crippen LogP) is 3.37. The Kier molecular flexibility index (Phi) is 4.58. The minimum absolute atomic E-state index is 0.0727. The largest absolute Gasteiger partial charge is 0.482 e. The lowest BCUT2D eigenvalue weighted by atomic mass is 10.2. The lowest BCUT2D eigenvalue weighted by molar-refractivity contribution is -0.118. The minimum atomic E-state index is -0.240. The second-order valence-electron chi connectivity index (χ2n) is 4.43. The van der Waals surface area contributed by atoms with Gasteiger partial charge in [-0.15, -0.1) is 0 Å². The molecule has 1 aromatic heterocycles. The number of anilines is 1. The van der Waals surface area contributed by atoms with E-state index in [0.29, 0.717) is 16.5 Å². The molecule has 20 heavy (non-hydrogen) atoms. The molecule has 0 fully saturated rings. The number of carbonyl (C=O) groups excluding carboxylic acids is 1. The molecule has 2 aromatic rings. The van der Waals surface area contributed by atoms with Crippen LogP contribution >= 0.6 is 11.6 Å². The number of rotatable bonds is 4. The standard InChI is InChI=1S/C15H15ClN2O2/c1-10-3-5-12(16)7-14(10)18-15(19)9-20-13-6-4-11(2)17-8-13/h3-8H,9H2,1-2H3,(H,18,19). The van der Waals surface area contributed by atoms with Crippen LogP contribution in [0, 0.1) is 13.8 Å². The van der Waals surface area contributed by atoms with Gasteiger partial charge in [0.1, 0.15) is 5.75 Å². The average Bonchev–Trinajstić information content (AvgIpc) is 2.42. The van der Waals surface area contributed by atoms with E-state index in [9.17, 15) is 4.79 Å². The maximum Gasteiger partial charge on any atom is 0.262 e. The molecule has 0 radical (unpaired) electrons. The molecule has 0 bridgehead atoms. The van der Waals surface area contributed by atoms with Crippen molar-refractivity contribution in [3.63, 3.8) is 0 Å². The summed E-state index contributed by atoms with van der Waals surface area (Å²) in [6.45, 7) is 3.71. The van der Waals surface area contributed by atoms with E-state index in [1.807, 2.05) is 26.0 Å². The van der Waals surface area contributed by atoms with Gasteiger partial charge in [-0.05, 0) is 43.7 Å². The molecule has 0 atom stereocenters. The molecule has 1 heterocycles. The quantitative estimate of drug-likeness (QED) is 0.939. The van der Waals surface area contributed by atoms with Gasteiger partial charge in [-0.25, -0.2) is 0 Å². The predicted molar refractivity (Wildman–Crippen MR) is 79.3 cm³/mol. The van der Waals surface area contributed by atoms with E-state index in [4.69, 9.17) is 16.3 Å². The number of pyridine rings is 1. The molecule has 2 rings (SSSR count). The van der Waals surface area contributed by atoms with Crippen LogP contribution in [-0.2, 0) is 4.79 Å². The monoisotopic (exact) mass is 290 g/mol. The van der Waals surface area contributed by atoms with Crippen molar-refractivity contribution in [1.82, 2.24) is 4.98 Å². The molecule has 104 valence electrons. The van der Waals surface area contributed by atoms with Gasteiger partial charge in [-0.3, -0.25) is 9.78 Å². The van der Waals surface area contributed by atoms with Gasteiger partial charge in [-0.2, -0.15) is 0 Å². The summed E-state index contributed by atoms with van der Waals surface area (Å²) in [6, 6.07) is 8.94. The molecule has 0 unspecified atom stereocenters. The van der Waals surface area contributed by atoms with Crippen LogP contribution in [0.4, 0.5) is 5.69 Å². The molecule has 5 heteroatoms. The van der Waals surface area contributed by atoms with E-state index in [0.717, 1.165) is 11.3 Å². The Labute approximate surface area is 122 Å². The third-order valence-electron chi connectivity index (χ3n) is 2.73. The fourth-order valence-corrected chi connectivity index (χ4v) is 1.78. The summed E-state index contributed by atoms with van der Waals surface area (Å²) in [6.07, 6.45) is 1.59. The number of nitrogens with zero attached hydrogens (tertiary/aromatic N) is 1. The number of hydrogen-bond acceptors (Lipinski definition) is 3. The first-order valence-electron chi connectivity index (χ1n) is 6.16. The van der Waals surface area contributed by atoms with Crippen molar-refractivity contribution in [2.45, 2.75) is 13.8 Å². The van der Waals surface area contributed by atoms with Gasteiger partial charge < -0.3 is 10.1 Å². The number of hydrogen-bond donors (Lipinski definition) is 1. The van der Waals surface area contributed by atoms with Crippen molar-refractivity contribution in [2.75, 3.05) is 11.9 Å². The van der Waals surface area contributed by atoms with Crippen LogP contribution in [0.3, 0.4) is 0 Å². The van der Waals surface area contributed by atoms with Crippen LogP contribution in [0.15, 0.2) is 36.5 Å². The van der Waals surface area contributed by atoms with E-state index in [-0.39, 0.29) is 12.5 Å². The lowest BCUT2D eigenvalue weighted by Crippen LogP contribution is -2.20. The van der Waals surface area contributed by atoms with Crippen molar-refractivity contribution in [2.24, 2.45) is 0 Å². The molecule has 0 aliphatic carbocycles. The highest BCUT2D eigenvalue weighted by Crippen LogP contribution is 2.20. The van der Waals surface area contributed by atoms with Gasteiger partial charge in [0.15, 0.2) is 6.61 Å². The Balaban J connectivity index is 1.92. The molecular formula is C15H15ClN2O2. The molecule has 1 N–H and O–H groups in total. The Morgan fingerprint density at radius 2 is 2.10 bits per heavy atom. The Bertz CT molecular complexity index is 612. The topological polar surface area (TPSA) is 51.2 Å². The summed E-state index contributed by atoms with van der Waals surface area (Å²) in [5.41, 5.74) is 2.53. The fourth-order valence-electron chi connectivity index (χ4n) is 1.60. The van der Waals surface area contributed by atoms with Crippen molar-refractivity contribution in [3.8, 4) is 5.75 Å². The number of benzene rings is 1. The van der Waals surface area contributed by atoms with Crippen LogP contribution < -0.4 is 10.1 Å². The van der Waals surface area contributed by atoms with Crippen molar-refractivity contribution < 1.29 is 9.53 Å². The zero-order valence-electron chi connectivity index (χ0n) is 11.3. The van der Waals surface area contributed by atoms with E-state index in [2.05, 4.69) is 10.3 Å². The maximum atomic E-state index is 11.8. The molecule has 0 saturated heterocycles. The molecule has 0 aliphatic rings. The highest BCUT2D eigenvalue weighted by molar-refractivity contribution is 6.31. The Hall–Kier alpha value is -2.07. The fraction of sp³-hybridized carbons (Fsp3) is 0.200. The SMILES string of the molecule is Cc1ccc(OCC(=O)Nc2cc(Cl)ccc2C)cn1. The second kappa shape index (κ2) is 6.39. The van der Waals surface area contributed by atoms with Crippen LogP contribution in [0.5, 0.6) is 5.75 Å². The third-order valence-corrected chi connectivity index (χ3v) is 2.96. The normalized spacial score (nSPS) is 10.2. The van der Waals surface area contributed by atoms with E-state index < -0.39 is 0 Å². The van der Waals surface area contributed by atoms with Crippen LogP contribution in [0.1, 0.15) is 11.3 Å². The van der Waals surface area contributed by atoms with Crippen molar-refractivity contribution in [3.05, 3.63) is 52.8 Å². The first-order valence-corrected chi connectivity index (χ1v) is 6.54. The van der Waals surface area contributed by atoms with Crippen LogP contribution in [0.2, 0.25) is 5.02 Å². The lowest BCUT2D eigenvalue weighted by Gasteiger charge is -2.10. The van der Waals surface area contributed by atoms with Gasteiger partial charge in [-0.1, -0.05) is 17.7 Å². The number of amides is 1. The summed E-state index contributed by atoms with van der Waals surface area (Å²) in [7, 11) is 0. The minimum Gasteiger partial charge on any atom is -0.482 e. The van der Waals surface area contributed by atoms with Gasteiger partial charge in [0, 0.05) is 16.4 Å². The van der Waals surface area contributed by atoms with Crippen molar-refractivity contribution in [1.29, 1.82) is 0 Å². The van der Waals surface area contributed by atoms with Crippen LogP contribution in [-0.4, -0.2) is 17.5 Å². The number of ether oxygens (including phenoxy) is 1. The van der Waals surface area contributed by atoms with Gasteiger partial charge in [0.2, 0.25) is 0 Å². The van der Waals surface area contributed by atoms with Gasteiger partial charge >= 0.3 is 0 Å². The Morgan fingerprint density at radius 1 is 1.30 bits per heavy atom. The third kappa shape index (κ3) is 3.96. The molecule has 1 amide bonds. The molecule has 0 aliphatic heterocycles. The highest BCUT2D eigenvalue weighted by Gasteiger charge is 2.06. The van der Waals surface area contributed by atoms with Crippen LogP contribution in [0.25, 0.3) is 0 Å². The summed E-state index contributed by atoms with van der Waals surface area (Å²) in [5, 5.41) is 3.34. The smallest absolute Gasteiger partial charge is 0.262 e. The van der Waals surface area contributed by atoms with Gasteiger partial charge in [0.05, 0.1) is 6.20 Å². The second-order valence-corrected chi connectivity index (χ2v) is 4.87. The molecular weight excluding hydrogens is 276 g/mol. The van der Waals surface area contributed by atoms with E-state index in [1.165, 1.54) is 0 Å². The summed E-state index contributed by atoms with van der Waals surface area (Å²) in [5.74, 6) is 0.324.